The summed E-state index contributed by atoms with van der Waals surface area (Å²) in [5.41, 5.74) is 14.3. The second kappa shape index (κ2) is 13.2. The smallest absolute Gasteiger partial charge is 0.375 e. The Bertz CT molecular complexity index is 3490. The summed E-state index contributed by atoms with van der Waals surface area (Å²) in [5, 5.41) is 4.16. The van der Waals surface area contributed by atoms with Crippen molar-refractivity contribution >= 4 is 61.4 Å². The van der Waals surface area contributed by atoms with Crippen LogP contribution in [0.2, 0.25) is 0 Å². The van der Waals surface area contributed by atoms with E-state index < -0.39 is 23.5 Å². The summed E-state index contributed by atoms with van der Waals surface area (Å²) < 4.78 is 87.6. The molecule has 2 aliphatic heterocycles. The highest BCUT2D eigenvalue weighted by Gasteiger charge is 2.43. The zero-order valence-electron chi connectivity index (χ0n) is 37.8. The molecule has 0 atom stereocenters. The van der Waals surface area contributed by atoms with E-state index >= 15 is 0 Å². The summed E-state index contributed by atoms with van der Waals surface area (Å²) in [7, 11) is 0. The van der Waals surface area contributed by atoms with E-state index in [1.54, 1.807) is 12.1 Å². The average Bonchev–Trinajstić information content (AvgIpc) is 3.74. The van der Waals surface area contributed by atoms with Gasteiger partial charge >= 0.3 is 19.2 Å². The summed E-state index contributed by atoms with van der Waals surface area (Å²) in [4.78, 5) is 0. The van der Waals surface area contributed by atoms with Crippen molar-refractivity contribution in [2.45, 2.75) is 90.9 Å². The molecule has 0 saturated carbocycles. The Kier molecular flexibility index (Phi) is 8.43. The van der Waals surface area contributed by atoms with Gasteiger partial charge < -0.3 is 9.05 Å². The monoisotopic (exact) mass is 872 g/mol. The third-order valence-corrected chi connectivity index (χ3v) is 14.0. The molecule has 9 heteroatoms. The van der Waals surface area contributed by atoms with Crippen molar-refractivity contribution in [2.75, 3.05) is 0 Å². The second-order valence-corrected chi connectivity index (χ2v) is 21.3. The van der Waals surface area contributed by atoms with Gasteiger partial charge in [-0.3, -0.25) is 0 Å². The van der Waals surface area contributed by atoms with Crippen LogP contribution in [0.1, 0.15) is 90.1 Å². The van der Waals surface area contributed by atoms with E-state index in [0.29, 0.717) is 11.1 Å². The van der Waals surface area contributed by atoms with E-state index in [-0.39, 0.29) is 23.1 Å². The molecule has 0 unspecified atom stereocenters. The van der Waals surface area contributed by atoms with Gasteiger partial charge in [0.15, 0.2) is 0 Å². The number of rotatable bonds is 2. The minimum atomic E-state index is -4.49. The van der Waals surface area contributed by atoms with Crippen LogP contribution < -0.4 is 10.9 Å². The van der Waals surface area contributed by atoms with Gasteiger partial charge in [-0.05, 0) is 144 Å². The normalized spacial score (nSPS) is 14.0. The predicted molar refractivity (Wildman–Crippen MR) is 257 cm³/mol. The molecule has 0 saturated heterocycles. The number of fused-ring (bicyclic) bond motifs is 10. The van der Waals surface area contributed by atoms with Crippen LogP contribution in [0, 0.1) is 0 Å². The van der Waals surface area contributed by atoms with Crippen LogP contribution in [0.3, 0.4) is 0 Å². The summed E-state index contributed by atoms with van der Waals surface area (Å²) in [6, 6.07) is 37.3. The molecule has 326 valence electrons. The molecule has 65 heavy (non-hydrogen) atoms. The fourth-order valence-corrected chi connectivity index (χ4v) is 10.4. The predicted octanol–water partition coefficient (Wildman–Crippen LogP) is 15.1. The van der Waals surface area contributed by atoms with Gasteiger partial charge in [0, 0.05) is 43.8 Å². The summed E-state index contributed by atoms with van der Waals surface area (Å²) >= 11 is 0. The van der Waals surface area contributed by atoms with E-state index in [2.05, 4.69) is 132 Å². The maximum absolute atomic E-state index is 13.9. The standard InChI is InChI=1S/C56H47BF6N2/c1-52(2,3)36-19-21-47-40(25-36)43-27-37(53(4,5)6)28-44-41-26-38(54(7,8)9)29-48-49(41)57(65(47)50(43)44)45-24-33(31-12-17-35(18-13-31)56(61,62)63)23-42-39-22-32(14-20-46(39)64(48)51(42)45)30-10-15-34(16-11-30)55(58,59)60/h10-29H,1-9H3. The lowest BCUT2D eigenvalue weighted by atomic mass is 9.45. The highest BCUT2D eigenvalue weighted by molar-refractivity contribution is 6.90. The van der Waals surface area contributed by atoms with E-state index in [1.807, 2.05) is 12.1 Å². The largest absolute Gasteiger partial charge is 0.416 e. The van der Waals surface area contributed by atoms with Crippen molar-refractivity contribution in [2.24, 2.45) is 0 Å². The third kappa shape index (κ3) is 6.24. The molecule has 2 nitrogen and oxygen atoms in total. The quantitative estimate of drug-likeness (QED) is 0.121. The molecule has 0 spiro atoms. The number of nitrogens with zero attached hydrogens (tertiary/aromatic N) is 2. The number of alkyl halides is 6. The van der Waals surface area contributed by atoms with E-state index in [1.165, 1.54) is 45.2 Å². The van der Waals surface area contributed by atoms with Crippen LogP contribution in [0.5, 0.6) is 0 Å². The SMILES string of the molecule is CC(C)(C)c1cc2c3c(c1)-n1c4ccc(-c5ccc(C(F)(F)F)cc5)cc4c4cc(-c5ccc(C(F)(F)F)cc5)cc(c41)B3n1c3ccc(C(C)(C)C)cc3c3cc(C(C)(C)C)cc-2c31. The molecule has 0 fully saturated rings. The lowest BCUT2D eigenvalue weighted by Crippen LogP contribution is -2.55. The van der Waals surface area contributed by atoms with Crippen molar-refractivity contribution in [1.82, 2.24) is 9.05 Å². The van der Waals surface area contributed by atoms with Gasteiger partial charge in [0.2, 0.25) is 0 Å². The van der Waals surface area contributed by atoms with Crippen LogP contribution in [-0.2, 0) is 28.6 Å². The number of hydrogen-bond donors (Lipinski definition) is 0. The van der Waals surface area contributed by atoms with Gasteiger partial charge in [0.05, 0.1) is 22.2 Å². The molecule has 0 N–H and O–H groups in total. The molecular formula is C56H47BF6N2. The van der Waals surface area contributed by atoms with E-state index in [0.717, 1.165) is 90.4 Å². The number of aromatic nitrogens is 2. The Morgan fingerprint density at radius 1 is 0.385 bits per heavy atom. The first-order chi connectivity index (χ1) is 30.4. The average molecular weight is 873 g/mol. The highest BCUT2D eigenvalue weighted by Crippen LogP contribution is 2.48. The molecule has 11 rings (SSSR count). The molecule has 2 aliphatic rings. The fraction of sp³-hybridized carbons (Fsp3) is 0.250. The summed E-state index contributed by atoms with van der Waals surface area (Å²) in [6.45, 7) is 19.9. The fourth-order valence-electron chi connectivity index (χ4n) is 10.4. The first-order valence-electron chi connectivity index (χ1n) is 22.2. The molecule has 7 aromatic carbocycles. The topological polar surface area (TPSA) is 9.86 Å². The lowest BCUT2D eigenvalue weighted by molar-refractivity contribution is -0.138. The maximum Gasteiger partial charge on any atom is 0.416 e. The van der Waals surface area contributed by atoms with Gasteiger partial charge in [-0.2, -0.15) is 26.3 Å². The number of halogens is 6. The second-order valence-electron chi connectivity index (χ2n) is 21.3. The Morgan fingerprint density at radius 2 is 0.846 bits per heavy atom. The molecule has 0 radical (unpaired) electrons. The molecule has 0 aliphatic carbocycles. The Hall–Kier alpha value is -6.22. The van der Waals surface area contributed by atoms with Gasteiger partial charge in [-0.1, -0.05) is 111 Å². The molecular weight excluding hydrogens is 825 g/mol. The van der Waals surface area contributed by atoms with Crippen molar-refractivity contribution in [3.05, 3.63) is 149 Å². The van der Waals surface area contributed by atoms with Crippen molar-refractivity contribution in [1.29, 1.82) is 0 Å². The molecule has 0 amide bonds. The number of benzene rings is 7. The highest BCUT2D eigenvalue weighted by atomic mass is 19.4. The lowest BCUT2D eigenvalue weighted by Gasteiger charge is -2.36. The first kappa shape index (κ1) is 41.5. The molecule has 9 aromatic rings. The third-order valence-electron chi connectivity index (χ3n) is 14.0. The molecule has 4 heterocycles. The van der Waals surface area contributed by atoms with Crippen LogP contribution in [0.4, 0.5) is 26.3 Å². The van der Waals surface area contributed by atoms with Crippen LogP contribution in [0.25, 0.3) is 82.7 Å². The number of hydrogen-bond acceptors (Lipinski definition) is 0. The minimum absolute atomic E-state index is 0.0990. The van der Waals surface area contributed by atoms with Crippen LogP contribution in [0.15, 0.2) is 121 Å². The molecule has 0 bridgehead atoms. The van der Waals surface area contributed by atoms with Crippen molar-refractivity contribution < 1.29 is 26.3 Å². The Morgan fingerprint density at radius 3 is 1.43 bits per heavy atom. The summed E-state index contributed by atoms with van der Waals surface area (Å²) in [6.07, 6.45) is -8.95. The first-order valence-corrected chi connectivity index (χ1v) is 22.2. The van der Waals surface area contributed by atoms with Crippen molar-refractivity contribution in [3.8, 4) is 39.1 Å². The van der Waals surface area contributed by atoms with Gasteiger partial charge in [0.1, 0.15) is 0 Å². The van der Waals surface area contributed by atoms with Gasteiger partial charge in [-0.15, -0.1) is 0 Å². The maximum atomic E-state index is 13.9. The van der Waals surface area contributed by atoms with Gasteiger partial charge in [0.25, 0.3) is 0 Å². The van der Waals surface area contributed by atoms with Gasteiger partial charge in [-0.25, -0.2) is 0 Å². The van der Waals surface area contributed by atoms with Crippen LogP contribution in [-0.4, -0.2) is 15.9 Å². The zero-order chi connectivity index (χ0) is 46.1. The summed E-state index contributed by atoms with van der Waals surface area (Å²) in [5.74, 6) is 0. The van der Waals surface area contributed by atoms with Crippen molar-refractivity contribution in [3.63, 3.8) is 0 Å². The van der Waals surface area contributed by atoms with E-state index in [9.17, 15) is 26.3 Å². The van der Waals surface area contributed by atoms with Crippen LogP contribution >= 0.6 is 0 Å². The van der Waals surface area contributed by atoms with E-state index in [4.69, 9.17) is 0 Å². The Labute approximate surface area is 374 Å². The Balaban J connectivity index is 1.30. The zero-order valence-corrected chi connectivity index (χ0v) is 37.8. The molecule has 2 aromatic heterocycles. The minimum Gasteiger partial charge on any atom is -0.375 e.